The van der Waals surface area contributed by atoms with Gasteiger partial charge in [0.2, 0.25) is 0 Å². The Balaban J connectivity index is 2.12. The highest BCUT2D eigenvalue weighted by molar-refractivity contribution is 5.61. The highest BCUT2D eigenvalue weighted by atomic mass is 19.1. The van der Waals surface area contributed by atoms with Crippen molar-refractivity contribution in [1.82, 2.24) is 10.5 Å². The molecule has 1 heterocycles. The molecule has 0 fully saturated rings. The molecule has 2 rings (SSSR count). The third-order valence-electron chi connectivity index (χ3n) is 2.88. The van der Waals surface area contributed by atoms with Gasteiger partial charge in [0, 0.05) is 31.3 Å². The Bertz CT molecular complexity index is 540. The number of methoxy groups -OCH3 is 1. The van der Waals surface area contributed by atoms with Gasteiger partial charge in [0.15, 0.2) is 5.76 Å². The number of aromatic nitrogens is 1. The lowest BCUT2D eigenvalue weighted by Gasteiger charge is -2.04. The molecular weight excluding hydrogens is 247 g/mol. The number of hydrogen-bond acceptors (Lipinski definition) is 4. The van der Waals surface area contributed by atoms with Crippen LogP contribution in [0.25, 0.3) is 11.3 Å². The van der Waals surface area contributed by atoms with Crippen molar-refractivity contribution in [2.45, 2.75) is 13.5 Å². The number of rotatable bonds is 6. The largest absolute Gasteiger partial charge is 0.383 e. The predicted molar refractivity (Wildman–Crippen MR) is 70.2 cm³/mol. The van der Waals surface area contributed by atoms with Crippen LogP contribution in [-0.2, 0) is 11.3 Å². The molecule has 1 aromatic carbocycles. The number of ether oxygens (including phenoxy) is 1. The number of hydrogen-bond donors (Lipinski definition) is 1. The minimum absolute atomic E-state index is 0.243. The normalized spacial score (nSPS) is 10.9. The number of halogens is 1. The van der Waals surface area contributed by atoms with Crippen LogP contribution in [-0.4, -0.2) is 25.4 Å². The zero-order valence-corrected chi connectivity index (χ0v) is 11.1. The van der Waals surface area contributed by atoms with Gasteiger partial charge in [-0.3, -0.25) is 0 Å². The summed E-state index contributed by atoms with van der Waals surface area (Å²) in [5.74, 6) is 0.357. The van der Waals surface area contributed by atoms with Gasteiger partial charge in [0.1, 0.15) is 5.82 Å². The first-order valence-electron chi connectivity index (χ1n) is 6.12. The van der Waals surface area contributed by atoms with Gasteiger partial charge in [0.05, 0.1) is 12.8 Å². The molecule has 1 aromatic heterocycles. The quantitative estimate of drug-likeness (QED) is 0.814. The Morgan fingerprint density at radius 3 is 3.00 bits per heavy atom. The Morgan fingerprint density at radius 2 is 2.26 bits per heavy atom. The zero-order valence-electron chi connectivity index (χ0n) is 11.1. The molecule has 0 atom stereocenters. The highest BCUT2D eigenvalue weighted by Gasteiger charge is 2.11. The molecule has 0 unspecified atom stereocenters. The molecule has 0 aliphatic rings. The molecule has 0 bridgehead atoms. The second-order valence-corrected chi connectivity index (χ2v) is 4.31. The lowest BCUT2D eigenvalue weighted by molar-refractivity contribution is 0.199. The van der Waals surface area contributed by atoms with Gasteiger partial charge in [-0.05, 0) is 18.6 Å². The molecule has 0 saturated heterocycles. The summed E-state index contributed by atoms with van der Waals surface area (Å²) in [6.07, 6.45) is 1.65. The first-order valence-corrected chi connectivity index (χ1v) is 6.12. The van der Waals surface area contributed by atoms with Crippen molar-refractivity contribution in [3.05, 3.63) is 41.3 Å². The minimum Gasteiger partial charge on any atom is -0.383 e. The van der Waals surface area contributed by atoms with Gasteiger partial charge in [-0.15, -0.1) is 0 Å². The third kappa shape index (κ3) is 3.39. The summed E-state index contributed by atoms with van der Waals surface area (Å²) in [4.78, 5) is 0. The molecule has 0 amide bonds. The van der Waals surface area contributed by atoms with E-state index in [1.54, 1.807) is 26.3 Å². The van der Waals surface area contributed by atoms with Gasteiger partial charge in [-0.1, -0.05) is 17.3 Å². The fourth-order valence-corrected chi connectivity index (χ4v) is 1.76. The fourth-order valence-electron chi connectivity index (χ4n) is 1.76. The Kier molecular flexibility index (Phi) is 4.65. The van der Waals surface area contributed by atoms with Crippen LogP contribution >= 0.6 is 0 Å². The lowest BCUT2D eigenvalue weighted by Crippen LogP contribution is -2.18. The predicted octanol–water partition coefficient (Wildman–Crippen LogP) is 2.53. The van der Waals surface area contributed by atoms with Gasteiger partial charge in [0.25, 0.3) is 0 Å². The number of nitrogens with one attached hydrogen (secondary N) is 1. The van der Waals surface area contributed by atoms with Crippen molar-refractivity contribution in [2.24, 2.45) is 0 Å². The first-order chi connectivity index (χ1) is 9.22. The Labute approximate surface area is 111 Å². The summed E-state index contributed by atoms with van der Waals surface area (Å²) in [6, 6.07) is 5.03. The third-order valence-corrected chi connectivity index (χ3v) is 2.88. The summed E-state index contributed by atoms with van der Waals surface area (Å²) in [5.41, 5.74) is 2.21. The topological polar surface area (TPSA) is 47.3 Å². The van der Waals surface area contributed by atoms with Gasteiger partial charge in [-0.25, -0.2) is 4.39 Å². The standard InChI is InChI=1S/C14H17FN2O2/c1-10-3-4-11(7-13(10)15)14-12(9-17-19-14)8-16-5-6-18-2/h3-4,7,9,16H,5-6,8H2,1-2H3. The Hall–Kier alpha value is -1.72. The van der Waals surface area contributed by atoms with Crippen LogP contribution in [0.2, 0.25) is 0 Å². The fraction of sp³-hybridized carbons (Fsp3) is 0.357. The van der Waals surface area contributed by atoms with Gasteiger partial charge >= 0.3 is 0 Å². The van der Waals surface area contributed by atoms with E-state index in [2.05, 4.69) is 10.5 Å². The van der Waals surface area contributed by atoms with Crippen LogP contribution in [0.4, 0.5) is 4.39 Å². The molecule has 4 nitrogen and oxygen atoms in total. The number of benzene rings is 1. The highest BCUT2D eigenvalue weighted by Crippen LogP contribution is 2.25. The summed E-state index contributed by atoms with van der Waals surface area (Å²) >= 11 is 0. The van der Waals surface area contributed by atoms with Crippen molar-refractivity contribution in [2.75, 3.05) is 20.3 Å². The molecule has 0 aliphatic heterocycles. The van der Waals surface area contributed by atoms with Crippen LogP contribution < -0.4 is 5.32 Å². The van der Waals surface area contributed by atoms with E-state index < -0.39 is 0 Å². The second kappa shape index (κ2) is 6.45. The smallest absolute Gasteiger partial charge is 0.171 e. The van der Waals surface area contributed by atoms with Crippen molar-refractivity contribution in [3.63, 3.8) is 0 Å². The average molecular weight is 264 g/mol. The van der Waals surface area contributed by atoms with Crippen LogP contribution in [0.15, 0.2) is 28.9 Å². The van der Waals surface area contributed by atoms with E-state index in [-0.39, 0.29) is 5.82 Å². The minimum atomic E-state index is -0.243. The maximum absolute atomic E-state index is 13.6. The van der Waals surface area contributed by atoms with Gasteiger partial charge in [-0.2, -0.15) is 0 Å². The Morgan fingerprint density at radius 1 is 1.42 bits per heavy atom. The van der Waals surface area contributed by atoms with Crippen molar-refractivity contribution in [1.29, 1.82) is 0 Å². The molecule has 19 heavy (non-hydrogen) atoms. The molecule has 102 valence electrons. The average Bonchev–Trinajstić information content (AvgIpc) is 2.86. The van der Waals surface area contributed by atoms with E-state index in [9.17, 15) is 4.39 Å². The molecule has 0 spiro atoms. The van der Waals surface area contributed by atoms with E-state index in [1.807, 2.05) is 6.07 Å². The lowest BCUT2D eigenvalue weighted by atomic mass is 10.1. The van der Waals surface area contributed by atoms with E-state index in [1.165, 1.54) is 6.07 Å². The number of aryl methyl sites for hydroxylation is 1. The van der Waals surface area contributed by atoms with E-state index in [4.69, 9.17) is 9.26 Å². The molecule has 2 aromatic rings. The molecule has 0 saturated carbocycles. The van der Waals surface area contributed by atoms with Gasteiger partial charge < -0.3 is 14.6 Å². The van der Waals surface area contributed by atoms with Crippen LogP contribution in [0.5, 0.6) is 0 Å². The summed E-state index contributed by atoms with van der Waals surface area (Å²) in [5, 5.41) is 6.99. The summed E-state index contributed by atoms with van der Waals surface area (Å²) in [6.45, 7) is 3.72. The van der Waals surface area contributed by atoms with Crippen LogP contribution in [0.3, 0.4) is 0 Å². The van der Waals surface area contributed by atoms with Crippen molar-refractivity contribution < 1.29 is 13.7 Å². The number of nitrogens with zero attached hydrogens (tertiary/aromatic N) is 1. The van der Waals surface area contributed by atoms with E-state index in [0.29, 0.717) is 30.0 Å². The molecule has 0 aliphatic carbocycles. The summed E-state index contributed by atoms with van der Waals surface area (Å²) < 4.78 is 23.7. The van der Waals surface area contributed by atoms with E-state index in [0.717, 1.165) is 12.1 Å². The monoisotopic (exact) mass is 264 g/mol. The van der Waals surface area contributed by atoms with Crippen molar-refractivity contribution in [3.8, 4) is 11.3 Å². The van der Waals surface area contributed by atoms with Crippen LogP contribution in [0.1, 0.15) is 11.1 Å². The molecular formula is C14H17FN2O2. The van der Waals surface area contributed by atoms with E-state index >= 15 is 0 Å². The van der Waals surface area contributed by atoms with Crippen molar-refractivity contribution >= 4 is 0 Å². The second-order valence-electron chi connectivity index (χ2n) is 4.31. The zero-order chi connectivity index (χ0) is 13.7. The maximum Gasteiger partial charge on any atom is 0.171 e. The SMILES string of the molecule is COCCNCc1cnoc1-c1ccc(C)c(F)c1. The maximum atomic E-state index is 13.6. The molecule has 5 heteroatoms. The first kappa shape index (κ1) is 13.7. The summed E-state index contributed by atoms with van der Waals surface area (Å²) in [7, 11) is 1.65. The molecule has 1 N–H and O–H groups in total. The molecule has 0 radical (unpaired) electrons. The van der Waals surface area contributed by atoms with Crippen LogP contribution in [0, 0.1) is 12.7 Å².